The molecule has 7 heteroatoms. The Morgan fingerprint density at radius 3 is 2.46 bits per heavy atom. The summed E-state index contributed by atoms with van der Waals surface area (Å²) in [5, 5.41) is 0. The lowest BCUT2D eigenvalue weighted by atomic mass is 9.61. The van der Waals surface area contributed by atoms with Crippen molar-refractivity contribution in [2.75, 3.05) is 20.5 Å². The molecule has 2 aliphatic carbocycles. The van der Waals surface area contributed by atoms with Gasteiger partial charge in [0.15, 0.2) is 0 Å². The van der Waals surface area contributed by atoms with Gasteiger partial charge in [0.1, 0.15) is 6.79 Å². The van der Waals surface area contributed by atoms with Crippen LogP contribution in [0, 0.1) is 22.7 Å². The molecule has 0 radical (unpaired) electrons. The summed E-state index contributed by atoms with van der Waals surface area (Å²) in [6.07, 6.45) is 2.29. The predicted octanol–water partition coefficient (Wildman–Crippen LogP) is 2.63. The van der Waals surface area contributed by atoms with Crippen LogP contribution in [0.2, 0.25) is 0 Å². The van der Waals surface area contributed by atoms with Crippen LogP contribution in [0.15, 0.2) is 0 Å². The first kappa shape index (κ1) is 20.7. The molecule has 0 aliphatic heterocycles. The largest absolute Gasteiger partial charge is 0.457 e. The monoisotopic (exact) mass is 366 g/mol. The second-order valence-electron chi connectivity index (χ2n) is 8.23. The van der Waals surface area contributed by atoms with Crippen molar-refractivity contribution < 1.29 is 28.6 Å². The normalized spacial score (nSPS) is 38.5. The highest BCUT2D eigenvalue weighted by Crippen LogP contribution is 2.70. The van der Waals surface area contributed by atoms with Gasteiger partial charge in [0.05, 0.1) is 12.2 Å². The van der Waals surface area contributed by atoms with Crippen molar-refractivity contribution >= 4 is 17.5 Å². The fourth-order valence-electron chi connectivity index (χ4n) is 5.45. The standard InChI is InChI=1S/C19H30N2O5/c1-7-25-16(23)14(21-20)15(22)13-8-9-17(3)10-18(4,26-11-24-6)12(2)19(13,17)5/h12-13H,7-11H2,1-6H3/t12-,13-,17-,18-,19-/m0/s1. The van der Waals surface area contributed by atoms with Crippen LogP contribution in [0.25, 0.3) is 5.53 Å². The van der Waals surface area contributed by atoms with Gasteiger partial charge in [-0.15, -0.1) is 0 Å². The zero-order chi connectivity index (χ0) is 19.8. The maximum atomic E-state index is 13.1. The zero-order valence-electron chi connectivity index (χ0n) is 16.6. The van der Waals surface area contributed by atoms with E-state index in [0.717, 1.165) is 12.8 Å². The van der Waals surface area contributed by atoms with Gasteiger partial charge in [-0.2, -0.15) is 4.79 Å². The molecule has 2 saturated carbocycles. The number of esters is 1. The highest BCUT2D eigenvalue weighted by molar-refractivity contribution is 6.62. The Kier molecular flexibility index (Phi) is 5.76. The molecule has 0 saturated heterocycles. The Bertz CT molecular complexity index is 644. The molecule has 26 heavy (non-hydrogen) atoms. The first-order valence-corrected chi connectivity index (χ1v) is 9.17. The van der Waals surface area contributed by atoms with Gasteiger partial charge in [-0.1, -0.05) is 20.8 Å². The van der Waals surface area contributed by atoms with Crippen LogP contribution in [0.5, 0.6) is 0 Å². The summed E-state index contributed by atoms with van der Waals surface area (Å²) < 4.78 is 16.0. The van der Waals surface area contributed by atoms with Crippen LogP contribution in [0.4, 0.5) is 0 Å². The average Bonchev–Trinajstić information content (AvgIpc) is 2.92. The van der Waals surface area contributed by atoms with Crippen LogP contribution in [-0.4, -0.2) is 48.4 Å². The molecule has 146 valence electrons. The minimum absolute atomic E-state index is 0.0498. The van der Waals surface area contributed by atoms with E-state index in [0.29, 0.717) is 6.42 Å². The van der Waals surface area contributed by atoms with Gasteiger partial charge in [0.25, 0.3) is 5.78 Å². The van der Waals surface area contributed by atoms with E-state index in [4.69, 9.17) is 14.2 Å². The molecule has 0 heterocycles. The van der Waals surface area contributed by atoms with Crippen molar-refractivity contribution in [1.29, 1.82) is 0 Å². The number of fused-ring (bicyclic) bond motifs is 1. The summed E-state index contributed by atoms with van der Waals surface area (Å²) in [7, 11) is 1.59. The molecule has 2 fully saturated rings. The molecular formula is C19H30N2O5. The predicted molar refractivity (Wildman–Crippen MR) is 94.4 cm³/mol. The van der Waals surface area contributed by atoms with E-state index >= 15 is 0 Å². The van der Waals surface area contributed by atoms with E-state index in [1.807, 2.05) is 0 Å². The van der Waals surface area contributed by atoms with E-state index in [2.05, 4.69) is 32.5 Å². The molecule has 0 unspecified atom stereocenters. The Hall–Kier alpha value is -1.56. The van der Waals surface area contributed by atoms with Gasteiger partial charge in [-0.3, -0.25) is 4.79 Å². The number of Topliss-reactive ketones (excluding diaryl/α,β-unsaturated/α-hetero) is 1. The summed E-state index contributed by atoms with van der Waals surface area (Å²) in [6, 6.07) is 0. The summed E-state index contributed by atoms with van der Waals surface area (Å²) in [5.41, 5.74) is 7.79. The van der Waals surface area contributed by atoms with Crippen molar-refractivity contribution in [2.45, 2.75) is 59.5 Å². The molecule has 2 rings (SSSR count). The topological polar surface area (TPSA) is 98.2 Å². The third-order valence-electron chi connectivity index (χ3n) is 7.19. The Labute approximate surface area is 155 Å². The van der Waals surface area contributed by atoms with Crippen LogP contribution >= 0.6 is 0 Å². The van der Waals surface area contributed by atoms with Gasteiger partial charge >= 0.3 is 11.7 Å². The minimum atomic E-state index is -0.874. The molecule has 0 spiro atoms. The number of carbonyl (C=O) groups excluding carboxylic acids is 2. The minimum Gasteiger partial charge on any atom is -0.457 e. The van der Waals surface area contributed by atoms with Gasteiger partial charge in [-0.05, 0) is 49.9 Å². The Morgan fingerprint density at radius 2 is 1.92 bits per heavy atom. The lowest BCUT2D eigenvalue weighted by Gasteiger charge is -2.42. The van der Waals surface area contributed by atoms with Crippen LogP contribution in [0.3, 0.4) is 0 Å². The number of hydrogen-bond donors (Lipinski definition) is 0. The summed E-state index contributed by atoms with van der Waals surface area (Å²) in [6.45, 7) is 10.4. The first-order valence-electron chi connectivity index (χ1n) is 9.17. The number of carbonyl (C=O) groups is 2. The number of nitrogens with zero attached hydrogens (tertiary/aromatic N) is 2. The average molecular weight is 366 g/mol. The molecular weight excluding hydrogens is 336 g/mol. The summed E-state index contributed by atoms with van der Waals surface area (Å²) in [4.78, 5) is 28.1. The van der Waals surface area contributed by atoms with Crippen molar-refractivity contribution in [2.24, 2.45) is 22.7 Å². The first-order chi connectivity index (χ1) is 12.1. The Morgan fingerprint density at radius 1 is 1.27 bits per heavy atom. The molecule has 0 bridgehead atoms. The fraction of sp³-hybridized carbons (Fsp3) is 0.842. The Balaban J connectivity index is 2.37. The number of hydrogen-bond acceptors (Lipinski definition) is 5. The van der Waals surface area contributed by atoms with Crippen LogP contribution in [-0.2, 0) is 23.8 Å². The molecule has 2 aliphatic rings. The van der Waals surface area contributed by atoms with Gasteiger partial charge in [0.2, 0.25) is 0 Å². The van der Waals surface area contributed by atoms with E-state index in [1.165, 1.54) is 0 Å². The smallest absolute Gasteiger partial charge is 0.441 e. The van der Waals surface area contributed by atoms with Crippen molar-refractivity contribution in [3.05, 3.63) is 5.53 Å². The highest BCUT2D eigenvalue weighted by atomic mass is 16.7. The van der Waals surface area contributed by atoms with Gasteiger partial charge < -0.3 is 19.7 Å². The van der Waals surface area contributed by atoms with Crippen LogP contribution in [0.1, 0.15) is 53.9 Å². The maximum Gasteiger partial charge on any atom is 0.441 e. The molecule has 0 aromatic heterocycles. The van der Waals surface area contributed by atoms with E-state index < -0.39 is 34.4 Å². The quantitative estimate of drug-likeness (QED) is 0.172. The number of rotatable bonds is 7. The summed E-state index contributed by atoms with van der Waals surface area (Å²) in [5.74, 6) is -1.69. The second-order valence-corrected chi connectivity index (χ2v) is 8.23. The van der Waals surface area contributed by atoms with E-state index in [1.54, 1.807) is 14.0 Å². The molecule has 0 aromatic rings. The fourth-order valence-corrected chi connectivity index (χ4v) is 5.45. The molecule has 0 amide bonds. The summed E-state index contributed by atoms with van der Waals surface area (Å²) >= 11 is 0. The highest BCUT2D eigenvalue weighted by Gasteiger charge is 2.70. The zero-order valence-corrected chi connectivity index (χ0v) is 16.6. The van der Waals surface area contributed by atoms with E-state index in [-0.39, 0.29) is 24.7 Å². The van der Waals surface area contributed by atoms with Crippen molar-refractivity contribution in [1.82, 2.24) is 0 Å². The lowest BCUT2D eigenvalue weighted by Crippen LogP contribution is -2.46. The van der Waals surface area contributed by atoms with Gasteiger partial charge in [0, 0.05) is 13.0 Å². The molecule has 5 atom stereocenters. The van der Waals surface area contributed by atoms with Crippen molar-refractivity contribution in [3.63, 3.8) is 0 Å². The molecule has 7 nitrogen and oxygen atoms in total. The SMILES string of the molecule is CCOC(=O)C(=[N+]=[N-])C(=O)[C@@H]1CC[C@@]2(C)C[C@](C)(OCOC)[C@H](C)[C@@]12C. The third-order valence-corrected chi connectivity index (χ3v) is 7.19. The number of ketones is 1. The number of methoxy groups -OCH3 is 1. The lowest BCUT2D eigenvalue weighted by molar-refractivity contribution is -0.150. The van der Waals surface area contributed by atoms with Crippen molar-refractivity contribution in [3.8, 4) is 0 Å². The third kappa shape index (κ3) is 2.92. The van der Waals surface area contributed by atoms with Gasteiger partial charge in [-0.25, -0.2) is 4.79 Å². The molecule has 0 aromatic carbocycles. The second kappa shape index (κ2) is 7.22. The van der Waals surface area contributed by atoms with E-state index in [9.17, 15) is 15.1 Å². The maximum absolute atomic E-state index is 13.1. The molecule has 0 N–H and O–H groups in total. The number of ether oxygens (including phenoxy) is 3. The van der Waals surface area contributed by atoms with Crippen LogP contribution < -0.4 is 0 Å².